The number of amides is 1. The van der Waals surface area contributed by atoms with E-state index in [1.165, 1.54) is 12.1 Å². The van der Waals surface area contributed by atoms with Crippen molar-refractivity contribution < 1.29 is 19.0 Å². The third kappa shape index (κ3) is 5.06. The molecule has 0 aliphatic rings. The van der Waals surface area contributed by atoms with Crippen LogP contribution < -0.4 is 10.1 Å². The molecule has 2 aromatic carbocycles. The summed E-state index contributed by atoms with van der Waals surface area (Å²) in [5.74, 6) is -0.166. The van der Waals surface area contributed by atoms with E-state index < -0.39 is 11.9 Å². The first kappa shape index (κ1) is 17.9. The number of aliphatic hydroxyl groups excluding tert-OH is 1. The Morgan fingerprint density at radius 1 is 1.17 bits per heavy atom. The smallest absolute Gasteiger partial charge is 0.251 e. The normalized spacial score (nSPS) is 12.5. The zero-order valence-electron chi connectivity index (χ0n) is 14.0. The predicted octanol–water partition coefficient (Wildman–Crippen LogP) is 3.47. The summed E-state index contributed by atoms with van der Waals surface area (Å²) in [6.45, 7) is 5.76. The minimum atomic E-state index is -1.10. The van der Waals surface area contributed by atoms with Crippen molar-refractivity contribution in [2.75, 3.05) is 6.54 Å². The van der Waals surface area contributed by atoms with E-state index in [-0.39, 0.29) is 23.6 Å². The Labute approximate surface area is 141 Å². The van der Waals surface area contributed by atoms with E-state index in [0.29, 0.717) is 11.3 Å². The molecule has 1 atom stereocenters. The molecule has 0 spiro atoms. The highest BCUT2D eigenvalue weighted by Gasteiger charge is 2.15. The molecule has 0 fully saturated rings. The van der Waals surface area contributed by atoms with E-state index in [1.54, 1.807) is 36.4 Å². The van der Waals surface area contributed by atoms with Gasteiger partial charge in [0.05, 0.1) is 6.10 Å². The fourth-order valence-corrected chi connectivity index (χ4v) is 2.17. The van der Waals surface area contributed by atoms with Crippen LogP contribution in [0.2, 0.25) is 0 Å². The average Bonchev–Trinajstić information content (AvgIpc) is 2.52. The van der Waals surface area contributed by atoms with Crippen LogP contribution in [-0.2, 0) is 0 Å². The van der Waals surface area contributed by atoms with Crippen molar-refractivity contribution in [1.29, 1.82) is 0 Å². The lowest BCUT2D eigenvalue weighted by Crippen LogP contribution is -2.28. The molecule has 2 aromatic rings. The van der Waals surface area contributed by atoms with Crippen LogP contribution in [0.5, 0.6) is 5.75 Å². The van der Waals surface area contributed by atoms with Gasteiger partial charge in [-0.15, -0.1) is 0 Å². The molecular weight excluding hydrogens is 309 g/mol. The highest BCUT2D eigenvalue weighted by Crippen LogP contribution is 2.19. The van der Waals surface area contributed by atoms with E-state index in [0.717, 1.165) is 0 Å². The quantitative estimate of drug-likeness (QED) is 0.882. The molecule has 0 bridgehead atoms. The molecule has 0 saturated heterocycles. The largest absolute Gasteiger partial charge is 0.488 e. The van der Waals surface area contributed by atoms with Crippen molar-refractivity contribution in [3.63, 3.8) is 0 Å². The second-order valence-electron chi connectivity index (χ2n) is 6.49. The Balaban J connectivity index is 1.94. The van der Waals surface area contributed by atoms with Crippen LogP contribution in [0, 0.1) is 5.82 Å². The van der Waals surface area contributed by atoms with E-state index in [4.69, 9.17) is 4.74 Å². The van der Waals surface area contributed by atoms with E-state index >= 15 is 0 Å². The van der Waals surface area contributed by atoms with E-state index in [9.17, 15) is 14.3 Å². The molecule has 0 radical (unpaired) electrons. The van der Waals surface area contributed by atoms with Gasteiger partial charge in [-0.3, -0.25) is 4.79 Å². The number of hydrogen-bond acceptors (Lipinski definition) is 3. The second-order valence-corrected chi connectivity index (χ2v) is 6.49. The number of aliphatic hydroxyl groups is 1. The molecule has 1 amide bonds. The van der Waals surface area contributed by atoms with Crippen LogP contribution in [0.3, 0.4) is 0 Å². The number of halogens is 1. The molecule has 128 valence electrons. The number of ether oxygens (including phenoxy) is 1. The average molecular weight is 331 g/mol. The van der Waals surface area contributed by atoms with Crippen molar-refractivity contribution in [1.82, 2.24) is 5.32 Å². The van der Waals surface area contributed by atoms with Gasteiger partial charge in [-0.2, -0.15) is 0 Å². The maximum atomic E-state index is 13.6. The summed E-state index contributed by atoms with van der Waals surface area (Å²) in [5, 5.41) is 12.6. The van der Waals surface area contributed by atoms with Gasteiger partial charge in [0.1, 0.15) is 17.2 Å². The molecular formula is C19H22FNO3. The first-order valence-electron chi connectivity index (χ1n) is 7.76. The number of nitrogens with one attached hydrogen (secondary N) is 1. The van der Waals surface area contributed by atoms with E-state index in [2.05, 4.69) is 5.32 Å². The van der Waals surface area contributed by atoms with Crippen molar-refractivity contribution in [3.8, 4) is 5.75 Å². The van der Waals surface area contributed by atoms with Crippen molar-refractivity contribution in [2.45, 2.75) is 32.5 Å². The van der Waals surface area contributed by atoms with Crippen molar-refractivity contribution >= 4 is 5.91 Å². The lowest BCUT2D eigenvalue weighted by Gasteiger charge is -2.21. The number of rotatable bonds is 5. The van der Waals surface area contributed by atoms with Gasteiger partial charge in [-0.05, 0) is 51.1 Å². The third-order valence-corrected chi connectivity index (χ3v) is 3.26. The van der Waals surface area contributed by atoms with Crippen molar-refractivity contribution in [2.24, 2.45) is 0 Å². The highest BCUT2D eigenvalue weighted by atomic mass is 19.1. The zero-order chi connectivity index (χ0) is 17.7. The van der Waals surface area contributed by atoms with Crippen molar-refractivity contribution in [3.05, 3.63) is 65.5 Å². The van der Waals surface area contributed by atoms with Gasteiger partial charge >= 0.3 is 0 Å². The van der Waals surface area contributed by atoms with Gasteiger partial charge in [0.2, 0.25) is 0 Å². The standard InChI is InChI=1S/C19H22FNO3/c1-19(2,3)24-14-10-8-13(9-11-14)18(23)21-12-17(22)15-6-4-5-7-16(15)20/h4-11,17,22H,12H2,1-3H3,(H,21,23). The van der Waals surface area contributed by atoms with Crippen LogP contribution in [0.25, 0.3) is 0 Å². The van der Waals surface area contributed by atoms with Gasteiger partial charge in [0, 0.05) is 17.7 Å². The molecule has 0 saturated carbocycles. The molecule has 24 heavy (non-hydrogen) atoms. The van der Waals surface area contributed by atoms with Gasteiger partial charge in [0.15, 0.2) is 0 Å². The Morgan fingerprint density at radius 2 is 1.79 bits per heavy atom. The molecule has 5 heteroatoms. The predicted molar refractivity (Wildman–Crippen MR) is 90.5 cm³/mol. The SMILES string of the molecule is CC(C)(C)Oc1ccc(C(=O)NCC(O)c2ccccc2F)cc1. The first-order chi connectivity index (χ1) is 11.3. The minimum absolute atomic E-state index is 0.0694. The summed E-state index contributed by atoms with van der Waals surface area (Å²) in [7, 11) is 0. The molecule has 2 N–H and O–H groups in total. The zero-order valence-corrected chi connectivity index (χ0v) is 14.0. The Morgan fingerprint density at radius 3 is 2.38 bits per heavy atom. The summed E-state index contributed by atoms with van der Waals surface area (Å²) in [6, 6.07) is 12.7. The van der Waals surface area contributed by atoms with Crippen LogP contribution in [0.1, 0.15) is 42.8 Å². The fraction of sp³-hybridized carbons (Fsp3) is 0.316. The number of hydrogen-bond donors (Lipinski definition) is 2. The van der Waals surface area contributed by atoms with Crippen LogP contribution >= 0.6 is 0 Å². The molecule has 0 aromatic heterocycles. The van der Waals surface area contributed by atoms with Gasteiger partial charge < -0.3 is 15.2 Å². The Hall–Kier alpha value is -2.40. The second kappa shape index (κ2) is 7.45. The number of benzene rings is 2. The highest BCUT2D eigenvalue weighted by molar-refractivity contribution is 5.94. The number of carbonyl (C=O) groups excluding carboxylic acids is 1. The maximum absolute atomic E-state index is 13.6. The molecule has 0 aliphatic carbocycles. The van der Waals surface area contributed by atoms with Crippen LogP contribution in [0.15, 0.2) is 48.5 Å². The summed E-state index contributed by atoms with van der Waals surface area (Å²) in [5.41, 5.74) is 0.289. The lowest BCUT2D eigenvalue weighted by molar-refractivity contribution is 0.0914. The first-order valence-corrected chi connectivity index (χ1v) is 7.76. The van der Waals surface area contributed by atoms with E-state index in [1.807, 2.05) is 20.8 Å². The molecule has 1 unspecified atom stereocenters. The molecule has 4 nitrogen and oxygen atoms in total. The summed E-state index contributed by atoms with van der Waals surface area (Å²) in [4.78, 5) is 12.1. The topological polar surface area (TPSA) is 58.6 Å². The van der Waals surface area contributed by atoms with Gasteiger partial charge in [0.25, 0.3) is 5.91 Å². The number of carbonyl (C=O) groups is 1. The fourth-order valence-electron chi connectivity index (χ4n) is 2.17. The Bertz CT molecular complexity index is 693. The molecule has 2 rings (SSSR count). The summed E-state index contributed by atoms with van der Waals surface area (Å²) >= 11 is 0. The summed E-state index contributed by atoms with van der Waals surface area (Å²) in [6.07, 6.45) is -1.10. The summed E-state index contributed by atoms with van der Waals surface area (Å²) < 4.78 is 19.3. The monoisotopic (exact) mass is 331 g/mol. The Kier molecular flexibility index (Phi) is 5.57. The maximum Gasteiger partial charge on any atom is 0.251 e. The van der Waals surface area contributed by atoms with Crippen LogP contribution in [-0.4, -0.2) is 23.2 Å². The third-order valence-electron chi connectivity index (χ3n) is 3.26. The van der Waals surface area contributed by atoms with Crippen LogP contribution in [0.4, 0.5) is 4.39 Å². The molecule has 0 heterocycles. The molecule has 0 aliphatic heterocycles. The van der Waals surface area contributed by atoms with Gasteiger partial charge in [-0.25, -0.2) is 4.39 Å². The van der Waals surface area contributed by atoms with Gasteiger partial charge in [-0.1, -0.05) is 18.2 Å². The lowest BCUT2D eigenvalue weighted by atomic mass is 10.1. The minimum Gasteiger partial charge on any atom is -0.488 e.